The zero-order valence-corrected chi connectivity index (χ0v) is 9.70. The van der Waals surface area contributed by atoms with Crippen molar-refractivity contribution in [3.8, 4) is 0 Å². The first kappa shape index (κ1) is 10.2. The van der Waals surface area contributed by atoms with E-state index >= 15 is 0 Å². The Morgan fingerprint density at radius 3 is 3.07 bits per heavy atom. The molecule has 1 aromatic rings. The van der Waals surface area contributed by atoms with E-state index < -0.39 is 0 Å². The van der Waals surface area contributed by atoms with Crippen LogP contribution in [0.1, 0.15) is 36.6 Å². The Hall–Kier alpha value is -0.340. The Morgan fingerprint density at radius 1 is 1.50 bits per heavy atom. The minimum Gasteiger partial charge on any atom is -0.312 e. The molecule has 78 valence electrons. The molecule has 1 nitrogen and oxygen atoms in total. The highest BCUT2D eigenvalue weighted by Crippen LogP contribution is 2.31. The fourth-order valence-electron chi connectivity index (χ4n) is 1.75. The van der Waals surface area contributed by atoms with Crippen LogP contribution in [-0.2, 0) is 13.0 Å². The fraction of sp³-hybridized carbons (Fsp3) is 0.667. The van der Waals surface area contributed by atoms with Crippen molar-refractivity contribution in [2.45, 2.75) is 39.2 Å². The number of aryl methyl sites for hydroxylation is 1. The molecule has 1 aliphatic rings. The molecule has 0 unspecified atom stereocenters. The van der Waals surface area contributed by atoms with Gasteiger partial charge >= 0.3 is 0 Å². The van der Waals surface area contributed by atoms with E-state index in [1.165, 1.54) is 42.7 Å². The van der Waals surface area contributed by atoms with Crippen molar-refractivity contribution in [1.29, 1.82) is 0 Å². The SMILES string of the molecule is CCc1ccsc1CNCCC1CC1. The molecule has 0 bridgehead atoms. The van der Waals surface area contributed by atoms with Crippen molar-refractivity contribution < 1.29 is 0 Å². The van der Waals surface area contributed by atoms with E-state index in [1.807, 2.05) is 11.3 Å². The Morgan fingerprint density at radius 2 is 2.36 bits per heavy atom. The quantitative estimate of drug-likeness (QED) is 0.709. The summed E-state index contributed by atoms with van der Waals surface area (Å²) in [5, 5.41) is 5.75. The Labute approximate surface area is 90.5 Å². The molecule has 0 aliphatic heterocycles. The van der Waals surface area contributed by atoms with Crippen molar-refractivity contribution in [2.75, 3.05) is 6.54 Å². The lowest BCUT2D eigenvalue weighted by Gasteiger charge is -2.04. The molecule has 0 amide bonds. The molecule has 1 saturated carbocycles. The number of hydrogen-bond donors (Lipinski definition) is 1. The van der Waals surface area contributed by atoms with Crippen molar-refractivity contribution in [1.82, 2.24) is 5.32 Å². The second-order valence-electron chi connectivity index (χ2n) is 4.13. The lowest BCUT2D eigenvalue weighted by Crippen LogP contribution is -2.15. The zero-order valence-electron chi connectivity index (χ0n) is 8.88. The van der Waals surface area contributed by atoms with Gasteiger partial charge in [0.2, 0.25) is 0 Å². The van der Waals surface area contributed by atoms with Gasteiger partial charge in [-0.2, -0.15) is 0 Å². The number of rotatable bonds is 6. The fourth-order valence-corrected chi connectivity index (χ4v) is 2.70. The summed E-state index contributed by atoms with van der Waals surface area (Å²) in [6.07, 6.45) is 5.50. The lowest BCUT2D eigenvalue weighted by molar-refractivity contribution is 0.615. The largest absolute Gasteiger partial charge is 0.312 e. The first-order valence-electron chi connectivity index (χ1n) is 5.66. The average molecular weight is 209 g/mol. The predicted molar refractivity (Wildman–Crippen MR) is 62.7 cm³/mol. The van der Waals surface area contributed by atoms with E-state index in [4.69, 9.17) is 0 Å². The summed E-state index contributed by atoms with van der Waals surface area (Å²) in [5.41, 5.74) is 1.52. The summed E-state index contributed by atoms with van der Waals surface area (Å²) in [4.78, 5) is 1.53. The van der Waals surface area contributed by atoms with Gasteiger partial charge in [0.1, 0.15) is 0 Å². The molecule has 1 aromatic heterocycles. The maximum Gasteiger partial charge on any atom is 0.0302 e. The number of thiophene rings is 1. The standard InChI is InChI=1S/C12H19NS/c1-2-11-6-8-14-12(11)9-13-7-5-10-3-4-10/h6,8,10,13H,2-5,7,9H2,1H3. The van der Waals surface area contributed by atoms with Crippen LogP contribution in [0.25, 0.3) is 0 Å². The van der Waals surface area contributed by atoms with E-state index in [0.29, 0.717) is 0 Å². The molecule has 2 rings (SSSR count). The molecular weight excluding hydrogens is 190 g/mol. The summed E-state index contributed by atoms with van der Waals surface area (Å²) in [6, 6.07) is 2.25. The Balaban J connectivity index is 1.68. The summed E-state index contributed by atoms with van der Waals surface area (Å²) in [5.74, 6) is 1.05. The van der Waals surface area contributed by atoms with Gasteiger partial charge in [-0.25, -0.2) is 0 Å². The van der Waals surface area contributed by atoms with Crippen LogP contribution in [0.4, 0.5) is 0 Å². The minimum atomic E-state index is 1.05. The van der Waals surface area contributed by atoms with Crippen molar-refractivity contribution >= 4 is 11.3 Å². The molecule has 1 fully saturated rings. The van der Waals surface area contributed by atoms with E-state index in [-0.39, 0.29) is 0 Å². The van der Waals surface area contributed by atoms with E-state index in [0.717, 1.165) is 12.5 Å². The van der Waals surface area contributed by atoms with Crippen LogP contribution in [0.2, 0.25) is 0 Å². The van der Waals surface area contributed by atoms with E-state index in [2.05, 4.69) is 23.7 Å². The van der Waals surface area contributed by atoms with Gasteiger partial charge in [0, 0.05) is 11.4 Å². The van der Waals surface area contributed by atoms with Crippen molar-refractivity contribution in [3.05, 3.63) is 21.9 Å². The first-order chi connectivity index (χ1) is 6.90. The van der Waals surface area contributed by atoms with Crippen LogP contribution in [0.15, 0.2) is 11.4 Å². The minimum absolute atomic E-state index is 1.05. The van der Waals surface area contributed by atoms with Gasteiger partial charge in [0.15, 0.2) is 0 Å². The molecule has 1 aliphatic carbocycles. The van der Waals surface area contributed by atoms with Gasteiger partial charge in [-0.15, -0.1) is 11.3 Å². The molecule has 1 heterocycles. The van der Waals surface area contributed by atoms with Crippen LogP contribution in [0.5, 0.6) is 0 Å². The van der Waals surface area contributed by atoms with Gasteiger partial charge < -0.3 is 5.32 Å². The zero-order chi connectivity index (χ0) is 9.80. The molecule has 0 atom stereocenters. The maximum atomic E-state index is 3.54. The monoisotopic (exact) mass is 209 g/mol. The number of hydrogen-bond acceptors (Lipinski definition) is 2. The Kier molecular flexibility index (Phi) is 3.60. The van der Waals surface area contributed by atoms with Crippen LogP contribution in [0, 0.1) is 5.92 Å². The second kappa shape index (κ2) is 4.94. The molecule has 0 radical (unpaired) electrons. The van der Waals surface area contributed by atoms with Crippen LogP contribution < -0.4 is 5.32 Å². The molecular formula is C12H19NS. The number of nitrogens with one attached hydrogen (secondary N) is 1. The van der Waals surface area contributed by atoms with Crippen LogP contribution in [0.3, 0.4) is 0 Å². The van der Waals surface area contributed by atoms with Gasteiger partial charge in [-0.3, -0.25) is 0 Å². The lowest BCUT2D eigenvalue weighted by atomic mass is 10.2. The third kappa shape index (κ3) is 2.82. The van der Waals surface area contributed by atoms with E-state index in [9.17, 15) is 0 Å². The summed E-state index contributed by atoms with van der Waals surface area (Å²) >= 11 is 1.89. The third-order valence-corrected chi connectivity index (χ3v) is 3.89. The maximum absolute atomic E-state index is 3.54. The van der Waals surface area contributed by atoms with Gasteiger partial charge in [0.05, 0.1) is 0 Å². The molecule has 1 N–H and O–H groups in total. The van der Waals surface area contributed by atoms with Crippen LogP contribution >= 0.6 is 11.3 Å². The molecule has 14 heavy (non-hydrogen) atoms. The topological polar surface area (TPSA) is 12.0 Å². The van der Waals surface area contributed by atoms with Gasteiger partial charge in [0.25, 0.3) is 0 Å². The predicted octanol–water partition coefficient (Wildman–Crippen LogP) is 3.20. The van der Waals surface area contributed by atoms with Crippen molar-refractivity contribution in [3.63, 3.8) is 0 Å². The summed E-state index contributed by atoms with van der Waals surface area (Å²) in [6.45, 7) is 4.51. The van der Waals surface area contributed by atoms with Gasteiger partial charge in [-0.1, -0.05) is 19.8 Å². The highest BCUT2D eigenvalue weighted by Gasteiger charge is 2.19. The average Bonchev–Trinajstić information content (AvgIpc) is 2.91. The highest BCUT2D eigenvalue weighted by molar-refractivity contribution is 7.10. The normalized spacial score (nSPS) is 16.1. The highest BCUT2D eigenvalue weighted by atomic mass is 32.1. The van der Waals surface area contributed by atoms with E-state index in [1.54, 1.807) is 0 Å². The Bertz CT molecular complexity index is 276. The molecule has 0 aromatic carbocycles. The second-order valence-corrected chi connectivity index (χ2v) is 5.13. The molecule has 0 saturated heterocycles. The van der Waals surface area contributed by atoms with Crippen molar-refractivity contribution in [2.24, 2.45) is 5.92 Å². The van der Waals surface area contributed by atoms with Crippen LogP contribution in [-0.4, -0.2) is 6.54 Å². The van der Waals surface area contributed by atoms with Gasteiger partial charge in [-0.05, 0) is 42.3 Å². The smallest absolute Gasteiger partial charge is 0.0302 e. The molecule has 2 heteroatoms. The first-order valence-corrected chi connectivity index (χ1v) is 6.54. The molecule has 0 spiro atoms. The summed E-state index contributed by atoms with van der Waals surface area (Å²) in [7, 11) is 0. The third-order valence-electron chi connectivity index (χ3n) is 2.93. The summed E-state index contributed by atoms with van der Waals surface area (Å²) < 4.78 is 0.